The molecule has 0 bridgehead atoms. The minimum atomic E-state index is -0.537. The second-order valence-corrected chi connectivity index (χ2v) is 8.36. The fraction of sp³-hybridized carbons (Fsp3) is 0.500. The van der Waals surface area contributed by atoms with E-state index in [4.69, 9.17) is 32.7 Å². The van der Waals surface area contributed by atoms with Crippen LogP contribution in [0.25, 0.3) is 10.8 Å². The molecule has 0 N–H and O–H groups in total. The zero-order valence-electron chi connectivity index (χ0n) is 17.7. The predicted octanol–water partition coefficient (Wildman–Crippen LogP) is 7.51. The summed E-state index contributed by atoms with van der Waals surface area (Å²) in [4.78, 5) is 24.3. The van der Waals surface area contributed by atoms with Gasteiger partial charge in [0, 0.05) is 10.8 Å². The van der Waals surface area contributed by atoms with Crippen molar-refractivity contribution in [2.24, 2.45) is 0 Å². The summed E-state index contributed by atoms with van der Waals surface area (Å²) in [7, 11) is 0. The van der Waals surface area contributed by atoms with Crippen LogP contribution in [-0.2, 0) is 14.3 Å². The average molecular weight is 453 g/mol. The van der Waals surface area contributed by atoms with Crippen molar-refractivity contribution in [2.45, 2.75) is 77.7 Å². The topological polar surface area (TPSA) is 52.6 Å². The van der Waals surface area contributed by atoms with E-state index in [0.717, 1.165) is 24.6 Å². The van der Waals surface area contributed by atoms with Crippen LogP contribution in [0, 0.1) is 0 Å². The number of carbonyl (C=O) groups excluding carboxylic acids is 2. The first-order valence-corrected chi connectivity index (χ1v) is 11.4. The van der Waals surface area contributed by atoms with Gasteiger partial charge in [0.05, 0.1) is 29.0 Å². The van der Waals surface area contributed by atoms with Gasteiger partial charge in [-0.25, -0.2) is 0 Å². The molecule has 0 amide bonds. The van der Waals surface area contributed by atoms with Crippen LogP contribution in [0.3, 0.4) is 0 Å². The Labute approximate surface area is 188 Å². The number of esters is 2. The lowest BCUT2D eigenvalue weighted by atomic mass is 10.1. The fourth-order valence-electron chi connectivity index (χ4n) is 3.30. The molecule has 0 saturated heterocycles. The highest BCUT2D eigenvalue weighted by molar-refractivity contribution is 6.40. The maximum atomic E-state index is 12.3. The molecule has 0 aliphatic carbocycles. The van der Waals surface area contributed by atoms with Gasteiger partial charge in [0.15, 0.2) is 5.75 Å². The van der Waals surface area contributed by atoms with E-state index in [1.807, 2.05) is 25.1 Å². The Balaban J connectivity index is 1.77. The first-order chi connectivity index (χ1) is 14.4. The summed E-state index contributed by atoms with van der Waals surface area (Å²) < 4.78 is 10.8. The molecule has 4 nitrogen and oxygen atoms in total. The van der Waals surface area contributed by atoms with Gasteiger partial charge in [0.25, 0.3) is 0 Å². The second-order valence-electron chi connectivity index (χ2n) is 7.55. The van der Waals surface area contributed by atoms with Gasteiger partial charge in [-0.3, -0.25) is 9.59 Å². The Hall–Kier alpha value is -1.78. The van der Waals surface area contributed by atoms with Crippen molar-refractivity contribution in [3.05, 3.63) is 40.4 Å². The summed E-state index contributed by atoms with van der Waals surface area (Å²) >= 11 is 12.4. The second kappa shape index (κ2) is 12.8. The number of carbonyl (C=O) groups is 2. The molecule has 2 aromatic rings. The Morgan fingerprint density at radius 3 is 2.27 bits per heavy atom. The monoisotopic (exact) mass is 452 g/mol. The molecule has 0 radical (unpaired) electrons. The molecule has 6 heteroatoms. The summed E-state index contributed by atoms with van der Waals surface area (Å²) in [5.41, 5.74) is 0. The first kappa shape index (κ1) is 24.5. The van der Waals surface area contributed by atoms with Gasteiger partial charge in [-0.2, -0.15) is 0 Å². The van der Waals surface area contributed by atoms with Crippen LogP contribution in [-0.4, -0.2) is 18.0 Å². The van der Waals surface area contributed by atoms with Gasteiger partial charge < -0.3 is 9.47 Å². The van der Waals surface area contributed by atoms with Crippen LogP contribution >= 0.6 is 23.2 Å². The van der Waals surface area contributed by atoms with Crippen molar-refractivity contribution < 1.29 is 19.1 Å². The number of fused-ring (bicyclic) bond motifs is 1. The van der Waals surface area contributed by atoms with Gasteiger partial charge in [-0.15, -0.1) is 0 Å². The van der Waals surface area contributed by atoms with Crippen LogP contribution in [0.2, 0.25) is 10.0 Å². The third-order valence-corrected chi connectivity index (χ3v) is 5.54. The Kier molecular flexibility index (Phi) is 10.5. The normalized spacial score (nSPS) is 12.0. The molecule has 0 aromatic heterocycles. The standard InChI is InChI=1S/C24H30Cl2O4/c1-3-4-5-6-7-8-11-17(2)29-22(27)14-15-23(28)30-24-19-13-10-9-12-18(19)20(25)16-21(24)26/h9-10,12-13,16-17H,3-8,11,14-15H2,1-2H3. The van der Waals surface area contributed by atoms with Crippen molar-refractivity contribution in [1.29, 1.82) is 0 Å². The van der Waals surface area contributed by atoms with Crippen molar-refractivity contribution in [3.8, 4) is 5.75 Å². The maximum absolute atomic E-state index is 12.3. The molecule has 0 aliphatic rings. The fourth-order valence-corrected chi connectivity index (χ4v) is 3.88. The van der Waals surface area contributed by atoms with Crippen LogP contribution in [0.15, 0.2) is 30.3 Å². The van der Waals surface area contributed by atoms with Crippen molar-refractivity contribution in [3.63, 3.8) is 0 Å². The van der Waals surface area contributed by atoms with Crippen LogP contribution in [0.4, 0.5) is 0 Å². The molecular weight excluding hydrogens is 423 g/mol. The first-order valence-electron chi connectivity index (χ1n) is 10.7. The highest BCUT2D eigenvalue weighted by atomic mass is 35.5. The van der Waals surface area contributed by atoms with Crippen LogP contribution in [0.1, 0.15) is 71.6 Å². The van der Waals surface area contributed by atoms with Crippen molar-refractivity contribution in [2.75, 3.05) is 0 Å². The minimum Gasteiger partial charge on any atom is -0.463 e. The van der Waals surface area contributed by atoms with Crippen LogP contribution in [0.5, 0.6) is 5.75 Å². The lowest BCUT2D eigenvalue weighted by Gasteiger charge is -2.13. The molecule has 0 aliphatic heterocycles. The number of unbranched alkanes of at least 4 members (excludes halogenated alkanes) is 5. The largest absolute Gasteiger partial charge is 0.463 e. The number of ether oxygens (including phenoxy) is 2. The molecule has 0 spiro atoms. The van der Waals surface area contributed by atoms with E-state index >= 15 is 0 Å². The van der Waals surface area contributed by atoms with E-state index in [-0.39, 0.29) is 29.7 Å². The number of hydrogen-bond acceptors (Lipinski definition) is 4. The van der Waals surface area contributed by atoms with E-state index in [1.54, 1.807) is 12.1 Å². The SMILES string of the molecule is CCCCCCCCC(C)OC(=O)CCC(=O)Oc1c(Cl)cc(Cl)c2ccccc12. The highest BCUT2D eigenvalue weighted by Crippen LogP contribution is 2.38. The molecule has 2 rings (SSSR count). The zero-order chi connectivity index (χ0) is 21.9. The lowest BCUT2D eigenvalue weighted by molar-refractivity contribution is -0.151. The highest BCUT2D eigenvalue weighted by Gasteiger charge is 2.17. The van der Waals surface area contributed by atoms with Crippen LogP contribution < -0.4 is 4.74 Å². The van der Waals surface area contributed by atoms with Gasteiger partial charge >= 0.3 is 11.9 Å². The van der Waals surface area contributed by atoms with E-state index in [1.165, 1.54) is 25.7 Å². The minimum absolute atomic E-state index is 0.0250. The number of benzene rings is 2. The third-order valence-electron chi connectivity index (χ3n) is 4.95. The Bertz CT molecular complexity index is 850. The van der Waals surface area contributed by atoms with Gasteiger partial charge in [-0.1, -0.05) is 86.5 Å². The maximum Gasteiger partial charge on any atom is 0.311 e. The molecule has 1 unspecified atom stereocenters. The average Bonchev–Trinajstić information content (AvgIpc) is 2.72. The summed E-state index contributed by atoms with van der Waals surface area (Å²) in [5, 5.41) is 2.13. The number of rotatable bonds is 12. The molecule has 2 aromatic carbocycles. The molecule has 0 fully saturated rings. The smallest absolute Gasteiger partial charge is 0.311 e. The summed E-state index contributed by atoms with van der Waals surface area (Å²) in [6, 6.07) is 8.82. The van der Waals surface area contributed by atoms with E-state index < -0.39 is 11.9 Å². The van der Waals surface area contributed by atoms with Crippen molar-refractivity contribution in [1.82, 2.24) is 0 Å². The quantitative estimate of drug-likeness (QED) is 0.190. The predicted molar refractivity (Wildman–Crippen MR) is 122 cm³/mol. The molecule has 0 heterocycles. The molecule has 30 heavy (non-hydrogen) atoms. The Morgan fingerprint density at radius 1 is 0.900 bits per heavy atom. The summed E-state index contributed by atoms with van der Waals surface area (Å²) in [5.74, 6) is -0.672. The van der Waals surface area contributed by atoms with E-state index in [2.05, 4.69) is 6.92 Å². The van der Waals surface area contributed by atoms with Crippen molar-refractivity contribution >= 4 is 45.9 Å². The number of halogens is 2. The lowest BCUT2D eigenvalue weighted by Crippen LogP contribution is -2.17. The summed E-state index contributed by atoms with van der Waals surface area (Å²) in [6.07, 6.45) is 7.80. The number of hydrogen-bond donors (Lipinski definition) is 0. The van der Waals surface area contributed by atoms with Gasteiger partial charge in [0.1, 0.15) is 0 Å². The molecule has 164 valence electrons. The van der Waals surface area contributed by atoms with Gasteiger partial charge in [0.2, 0.25) is 0 Å². The van der Waals surface area contributed by atoms with E-state index in [0.29, 0.717) is 10.4 Å². The summed E-state index contributed by atoms with van der Waals surface area (Å²) in [6.45, 7) is 4.09. The zero-order valence-corrected chi connectivity index (χ0v) is 19.2. The molecule has 1 atom stereocenters. The van der Waals surface area contributed by atoms with E-state index in [9.17, 15) is 9.59 Å². The Morgan fingerprint density at radius 2 is 1.53 bits per heavy atom. The third kappa shape index (κ3) is 7.81. The molecular formula is C24H30Cl2O4. The van der Waals surface area contributed by atoms with Gasteiger partial charge in [-0.05, 0) is 25.8 Å². The molecule has 0 saturated carbocycles.